The standard InChI is InChI=1S/C24H32ClN5O4S2/c1-15-10-24(14-34-15)5-8-29(9-6-24)21-18(13-31)28-23(16(2)27-21)35-19-4-7-26-22(20(19)25)30-11-17(12-30)36(3,32)33/h4,7,15,17,31H,5-6,8-14H2,1-3H3/t15-/m0/s1. The van der Waals surface area contributed by atoms with Crippen molar-refractivity contribution < 1.29 is 18.3 Å². The fraction of sp³-hybridized carbons (Fsp3) is 0.625. The number of hydrogen-bond donors (Lipinski definition) is 1. The highest BCUT2D eigenvalue weighted by molar-refractivity contribution is 7.99. The van der Waals surface area contributed by atoms with Crippen molar-refractivity contribution in [3.05, 3.63) is 28.7 Å². The lowest BCUT2D eigenvalue weighted by Gasteiger charge is -2.39. The summed E-state index contributed by atoms with van der Waals surface area (Å²) >= 11 is 8.06. The van der Waals surface area contributed by atoms with E-state index in [0.29, 0.717) is 40.8 Å². The summed E-state index contributed by atoms with van der Waals surface area (Å²) in [7, 11) is -3.08. The molecule has 2 aromatic rings. The average molecular weight is 554 g/mol. The van der Waals surface area contributed by atoms with Gasteiger partial charge in [-0.3, -0.25) is 0 Å². The zero-order valence-electron chi connectivity index (χ0n) is 20.8. The number of hydrogen-bond acceptors (Lipinski definition) is 10. The third-order valence-electron chi connectivity index (χ3n) is 7.54. The molecule has 0 amide bonds. The minimum atomic E-state index is -3.08. The number of aliphatic hydroxyl groups excluding tert-OH is 1. The molecule has 0 aromatic carbocycles. The quantitative estimate of drug-likeness (QED) is 0.573. The lowest BCUT2D eigenvalue weighted by Crippen LogP contribution is -2.55. The molecular weight excluding hydrogens is 522 g/mol. The fourth-order valence-electron chi connectivity index (χ4n) is 5.27. The van der Waals surface area contributed by atoms with Gasteiger partial charge in [-0.1, -0.05) is 23.4 Å². The number of pyridine rings is 1. The normalized spacial score (nSPS) is 22.3. The minimum Gasteiger partial charge on any atom is -0.390 e. The van der Waals surface area contributed by atoms with Crippen LogP contribution < -0.4 is 9.80 Å². The van der Waals surface area contributed by atoms with E-state index in [1.807, 2.05) is 17.9 Å². The zero-order valence-corrected chi connectivity index (χ0v) is 23.2. The highest BCUT2D eigenvalue weighted by atomic mass is 35.5. The number of aliphatic hydroxyl groups is 1. The first-order valence-electron chi connectivity index (χ1n) is 12.2. The molecule has 5 heterocycles. The Morgan fingerprint density at radius 1 is 1.22 bits per heavy atom. The zero-order chi connectivity index (χ0) is 25.7. The van der Waals surface area contributed by atoms with Crippen molar-refractivity contribution in [3.8, 4) is 0 Å². The topological polar surface area (TPSA) is 109 Å². The van der Waals surface area contributed by atoms with E-state index in [4.69, 9.17) is 26.3 Å². The third kappa shape index (κ3) is 5.05. The van der Waals surface area contributed by atoms with Crippen molar-refractivity contribution in [3.63, 3.8) is 0 Å². The van der Waals surface area contributed by atoms with Crippen molar-refractivity contribution >= 4 is 44.8 Å². The number of halogens is 1. The molecule has 196 valence electrons. The van der Waals surface area contributed by atoms with Gasteiger partial charge in [0.15, 0.2) is 15.7 Å². The highest BCUT2D eigenvalue weighted by Gasteiger charge is 2.41. The molecule has 0 radical (unpaired) electrons. The van der Waals surface area contributed by atoms with Crippen LogP contribution in [-0.2, 0) is 21.2 Å². The van der Waals surface area contributed by atoms with E-state index in [9.17, 15) is 13.5 Å². The van der Waals surface area contributed by atoms with Gasteiger partial charge in [-0.05, 0) is 44.6 Å². The molecule has 12 heteroatoms. The lowest BCUT2D eigenvalue weighted by atomic mass is 9.77. The summed E-state index contributed by atoms with van der Waals surface area (Å²) in [6.45, 7) is 7.18. The van der Waals surface area contributed by atoms with Crippen molar-refractivity contribution in [1.82, 2.24) is 15.0 Å². The lowest BCUT2D eigenvalue weighted by molar-refractivity contribution is 0.0975. The van der Waals surface area contributed by atoms with Gasteiger partial charge in [0.1, 0.15) is 16.5 Å². The smallest absolute Gasteiger partial charge is 0.153 e. The SMILES string of the molecule is Cc1nc(N2CCC3(CC2)CO[C@@H](C)C3)c(CO)nc1Sc1ccnc(N2CC(S(C)(=O)=O)C2)c1Cl. The number of rotatable bonds is 6. The molecule has 9 nitrogen and oxygen atoms in total. The fourth-order valence-corrected chi connectivity index (χ4v) is 7.39. The first-order valence-corrected chi connectivity index (χ1v) is 15.3. The monoisotopic (exact) mass is 553 g/mol. The Balaban J connectivity index is 1.32. The molecule has 3 fully saturated rings. The Morgan fingerprint density at radius 3 is 2.56 bits per heavy atom. The van der Waals surface area contributed by atoms with Gasteiger partial charge in [-0.25, -0.2) is 23.4 Å². The summed E-state index contributed by atoms with van der Waals surface area (Å²) in [5.74, 6) is 1.31. The second-order valence-corrected chi connectivity index (χ2v) is 14.0. The molecule has 0 bridgehead atoms. The molecule has 0 saturated carbocycles. The van der Waals surface area contributed by atoms with Crippen molar-refractivity contribution in [1.29, 1.82) is 0 Å². The highest BCUT2D eigenvalue weighted by Crippen LogP contribution is 2.43. The van der Waals surface area contributed by atoms with Gasteiger partial charge in [0.25, 0.3) is 0 Å². The maximum Gasteiger partial charge on any atom is 0.153 e. The van der Waals surface area contributed by atoms with Crippen LogP contribution in [0.4, 0.5) is 11.6 Å². The van der Waals surface area contributed by atoms with Gasteiger partial charge in [0.05, 0.1) is 35.3 Å². The van der Waals surface area contributed by atoms with E-state index < -0.39 is 15.1 Å². The van der Waals surface area contributed by atoms with Crippen LogP contribution in [0.1, 0.15) is 37.6 Å². The molecule has 3 saturated heterocycles. The summed E-state index contributed by atoms with van der Waals surface area (Å²) in [5.41, 5.74) is 1.58. The summed E-state index contributed by atoms with van der Waals surface area (Å²) < 4.78 is 29.4. The van der Waals surface area contributed by atoms with Gasteiger partial charge >= 0.3 is 0 Å². The van der Waals surface area contributed by atoms with Crippen molar-refractivity contribution in [2.45, 2.75) is 61.0 Å². The molecule has 1 spiro atoms. The Kier molecular flexibility index (Phi) is 7.14. The second kappa shape index (κ2) is 9.90. The summed E-state index contributed by atoms with van der Waals surface area (Å²) in [6, 6.07) is 1.81. The molecule has 0 unspecified atom stereocenters. The van der Waals surface area contributed by atoms with Crippen LogP contribution in [0, 0.1) is 12.3 Å². The van der Waals surface area contributed by atoms with E-state index >= 15 is 0 Å². The number of aromatic nitrogens is 3. The molecule has 2 aromatic heterocycles. The molecule has 0 aliphatic carbocycles. The van der Waals surface area contributed by atoms with Gasteiger partial charge < -0.3 is 19.6 Å². The van der Waals surface area contributed by atoms with Crippen LogP contribution in [0.25, 0.3) is 0 Å². The Hall–Kier alpha value is -1.66. The molecule has 1 N–H and O–H groups in total. The number of ether oxygens (including phenoxy) is 1. The Morgan fingerprint density at radius 2 is 1.94 bits per heavy atom. The molecule has 36 heavy (non-hydrogen) atoms. The number of anilines is 2. The molecule has 3 aliphatic heterocycles. The number of nitrogens with zero attached hydrogens (tertiary/aromatic N) is 5. The summed E-state index contributed by atoms with van der Waals surface area (Å²) in [5, 5.41) is 10.9. The van der Waals surface area contributed by atoms with Crippen LogP contribution >= 0.6 is 23.4 Å². The number of piperidine rings is 1. The van der Waals surface area contributed by atoms with E-state index in [1.165, 1.54) is 18.0 Å². The Labute approximate surface area is 221 Å². The van der Waals surface area contributed by atoms with E-state index in [2.05, 4.69) is 16.8 Å². The molecule has 1 atom stereocenters. The Bertz CT molecular complexity index is 1250. The van der Waals surface area contributed by atoms with Gasteiger partial charge in [0, 0.05) is 43.5 Å². The van der Waals surface area contributed by atoms with Crippen LogP contribution in [0.2, 0.25) is 5.02 Å². The van der Waals surface area contributed by atoms with E-state index in [-0.39, 0.29) is 12.0 Å². The van der Waals surface area contributed by atoms with Gasteiger partial charge in [0.2, 0.25) is 0 Å². The molecular formula is C24H32ClN5O4S2. The molecule has 5 rings (SSSR count). The number of sulfone groups is 1. The van der Waals surface area contributed by atoms with Gasteiger partial charge in [-0.2, -0.15) is 0 Å². The predicted molar refractivity (Wildman–Crippen MR) is 141 cm³/mol. The third-order valence-corrected chi connectivity index (χ3v) is 10.7. The number of aryl methyl sites for hydroxylation is 1. The van der Waals surface area contributed by atoms with Crippen molar-refractivity contribution in [2.24, 2.45) is 5.41 Å². The summed E-state index contributed by atoms with van der Waals surface area (Å²) in [6.07, 6.45) is 6.45. The van der Waals surface area contributed by atoms with Crippen LogP contribution in [0.3, 0.4) is 0 Å². The minimum absolute atomic E-state index is 0.200. The average Bonchev–Trinajstić information content (AvgIpc) is 3.15. The second-order valence-electron chi connectivity index (χ2n) is 10.3. The maximum absolute atomic E-state index is 11.8. The predicted octanol–water partition coefficient (Wildman–Crippen LogP) is 3.11. The molecule has 3 aliphatic rings. The van der Waals surface area contributed by atoms with Crippen LogP contribution in [0.15, 0.2) is 22.2 Å². The maximum atomic E-state index is 11.8. The van der Waals surface area contributed by atoms with E-state index in [1.54, 1.807) is 6.20 Å². The van der Waals surface area contributed by atoms with Crippen LogP contribution in [-0.4, -0.2) is 78.9 Å². The first-order chi connectivity index (χ1) is 17.1. The van der Waals surface area contributed by atoms with Crippen LogP contribution in [0.5, 0.6) is 0 Å². The van der Waals surface area contributed by atoms with Gasteiger partial charge in [-0.15, -0.1) is 0 Å². The largest absolute Gasteiger partial charge is 0.390 e. The summed E-state index contributed by atoms with van der Waals surface area (Å²) in [4.78, 5) is 18.9. The van der Waals surface area contributed by atoms with Crippen molar-refractivity contribution in [2.75, 3.05) is 48.8 Å². The first kappa shape index (κ1) is 26.0. The van der Waals surface area contributed by atoms with E-state index in [0.717, 1.165) is 55.4 Å².